The van der Waals surface area contributed by atoms with E-state index >= 15 is 0 Å². The molecule has 0 aromatic carbocycles. The fourth-order valence-corrected chi connectivity index (χ4v) is 0.874. The Kier molecular flexibility index (Phi) is 5.87. The van der Waals surface area contributed by atoms with Crippen molar-refractivity contribution in [3.8, 4) is 0 Å². The average molecular weight is 202 g/mol. The van der Waals surface area contributed by atoms with Crippen LogP contribution in [0.1, 0.15) is 6.42 Å². The van der Waals surface area contributed by atoms with E-state index in [2.05, 4.69) is 4.74 Å². The van der Waals surface area contributed by atoms with Gasteiger partial charge >= 0.3 is 5.97 Å². The molecule has 0 heterocycles. The van der Waals surface area contributed by atoms with Gasteiger partial charge in [0.05, 0.1) is 13.7 Å². The molecule has 0 N–H and O–H groups in total. The van der Waals surface area contributed by atoms with Gasteiger partial charge in [0.25, 0.3) is 0 Å². The van der Waals surface area contributed by atoms with Crippen LogP contribution in [0.4, 0.5) is 0 Å². The Labute approximate surface area is 84.6 Å². The third kappa shape index (κ3) is 5.53. The van der Waals surface area contributed by atoms with E-state index in [1.165, 1.54) is 12.0 Å². The molecule has 0 fully saturated rings. The number of nitrogens with zero attached hydrogens (tertiary/aromatic N) is 2. The van der Waals surface area contributed by atoms with Gasteiger partial charge in [-0.2, -0.15) is 0 Å². The number of hydrogen-bond donors (Lipinski definition) is 0. The second kappa shape index (κ2) is 6.37. The van der Waals surface area contributed by atoms with Crippen LogP contribution in [0.5, 0.6) is 0 Å². The molecule has 0 rings (SSSR count). The van der Waals surface area contributed by atoms with Gasteiger partial charge in [0.1, 0.15) is 0 Å². The average Bonchev–Trinajstić information content (AvgIpc) is 2.13. The predicted molar refractivity (Wildman–Crippen MR) is 52.8 cm³/mol. The van der Waals surface area contributed by atoms with E-state index in [4.69, 9.17) is 0 Å². The van der Waals surface area contributed by atoms with Crippen LogP contribution in [0.25, 0.3) is 0 Å². The fraction of sp³-hybridized carbons (Fsp3) is 0.778. The first-order valence-electron chi connectivity index (χ1n) is 4.43. The lowest BCUT2D eigenvalue weighted by Gasteiger charge is -2.16. The lowest BCUT2D eigenvalue weighted by molar-refractivity contribution is -0.142. The second-order valence-corrected chi connectivity index (χ2v) is 3.35. The van der Waals surface area contributed by atoms with Crippen molar-refractivity contribution in [2.24, 2.45) is 0 Å². The van der Waals surface area contributed by atoms with Crippen molar-refractivity contribution in [1.82, 2.24) is 9.80 Å². The van der Waals surface area contributed by atoms with Gasteiger partial charge in [-0.05, 0) is 7.05 Å². The van der Waals surface area contributed by atoms with Crippen molar-refractivity contribution in [1.29, 1.82) is 0 Å². The zero-order chi connectivity index (χ0) is 11.1. The smallest absolute Gasteiger partial charge is 0.319 e. The lowest BCUT2D eigenvalue weighted by Crippen LogP contribution is -2.31. The molecule has 5 heteroatoms. The number of carbonyl (C=O) groups excluding carboxylic acids is 2. The monoisotopic (exact) mass is 202 g/mol. The Balaban J connectivity index is 3.68. The molecule has 0 spiro atoms. The molecule has 0 unspecified atom stereocenters. The number of amides is 1. The van der Waals surface area contributed by atoms with Gasteiger partial charge in [-0.1, -0.05) is 0 Å². The molecule has 0 bridgehead atoms. The van der Waals surface area contributed by atoms with E-state index in [0.29, 0.717) is 13.0 Å². The highest BCUT2D eigenvalue weighted by atomic mass is 16.5. The molecule has 0 radical (unpaired) electrons. The van der Waals surface area contributed by atoms with Gasteiger partial charge in [-0.25, -0.2) is 0 Å². The SMILES string of the molecule is COC(=O)CN(C)CCC(=O)N(C)C. The van der Waals surface area contributed by atoms with Gasteiger partial charge in [-0.15, -0.1) is 0 Å². The number of esters is 1. The van der Waals surface area contributed by atoms with Crippen LogP contribution < -0.4 is 0 Å². The molecule has 0 atom stereocenters. The summed E-state index contributed by atoms with van der Waals surface area (Å²) in [5, 5.41) is 0. The minimum absolute atomic E-state index is 0.0571. The van der Waals surface area contributed by atoms with Crippen molar-refractivity contribution in [2.45, 2.75) is 6.42 Å². The molecule has 5 nitrogen and oxygen atoms in total. The maximum atomic E-state index is 11.2. The van der Waals surface area contributed by atoms with Gasteiger partial charge < -0.3 is 9.64 Å². The summed E-state index contributed by atoms with van der Waals surface area (Å²) < 4.78 is 4.50. The minimum atomic E-state index is -0.287. The Morgan fingerprint density at radius 3 is 2.21 bits per heavy atom. The standard InChI is InChI=1S/C9H18N2O3/c1-10(2)8(12)5-6-11(3)7-9(13)14-4/h5-7H2,1-4H3. The minimum Gasteiger partial charge on any atom is -0.468 e. The third-order valence-corrected chi connectivity index (χ3v) is 1.83. The van der Waals surface area contributed by atoms with Crippen LogP contribution in [0.15, 0.2) is 0 Å². The molecule has 0 aliphatic carbocycles. The highest BCUT2D eigenvalue weighted by Gasteiger charge is 2.09. The maximum Gasteiger partial charge on any atom is 0.319 e. The predicted octanol–water partition coefficient (Wildman–Crippen LogP) is -0.430. The summed E-state index contributed by atoms with van der Waals surface area (Å²) >= 11 is 0. The summed E-state index contributed by atoms with van der Waals surface area (Å²) in [5.74, 6) is -0.230. The van der Waals surface area contributed by atoms with Crippen LogP contribution in [-0.2, 0) is 14.3 Å². The van der Waals surface area contributed by atoms with Crippen LogP contribution in [0.3, 0.4) is 0 Å². The molecule has 0 aromatic heterocycles. The molecule has 0 aliphatic rings. The van der Waals surface area contributed by atoms with Gasteiger partial charge in [0.15, 0.2) is 0 Å². The zero-order valence-electron chi connectivity index (χ0n) is 9.24. The first kappa shape index (κ1) is 12.9. The highest BCUT2D eigenvalue weighted by molar-refractivity contribution is 5.76. The first-order chi connectivity index (χ1) is 6.47. The molecule has 0 aliphatic heterocycles. The van der Waals surface area contributed by atoms with Crippen molar-refractivity contribution >= 4 is 11.9 Å². The van der Waals surface area contributed by atoms with Crippen molar-refractivity contribution in [2.75, 3.05) is 41.3 Å². The van der Waals surface area contributed by atoms with E-state index in [1.807, 2.05) is 0 Å². The van der Waals surface area contributed by atoms with Crippen molar-refractivity contribution < 1.29 is 14.3 Å². The zero-order valence-corrected chi connectivity index (χ0v) is 9.24. The molecular weight excluding hydrogens is 184 g/mol. The molecule has 14 heavy (non-hydrogen) atoms. The van der Waals surface area contributed by atoms with E-state index < -0.39 is 0 Å². The third-order valence-electron chi connectivity index (χ3n) is 1.83. The largest absolute Gasteiger partial charge is 0.468 e. The Morgan fingerprint density at radius 2 is 1.79 bits per heavy atom. The van der Waals surface area contributed by atoms with E-state index in [-0.39, 0.29) is 18.4 Å². The summed E-state index contributed by atoms with van der Waals surface area (Å²) in [6.07, 6.45) is 0.417. The number of ether oxygens (including phenoxy) is 1. The number of hydrogen-bond acceptors (Lipinski definition) is 4. The van der Waals surface area contributed by atoms with Crippen molar-refractivity contribution in [3.05, 3.63) is 0 Å². The normalized spacial score (nSPS) is 10.1. The Hall–Kier alpha value is -1.10. The van der Waals surface area contributed by atoms with Crippen LogP contribution in [-0.4, -0.2) is 63.0 Å². The fourth-order valence-electron chi connectivity index (χ4n) is 0.874. The van der Waals surface area contributed by atoms with Gasteiger partial charge in [-0.3, -0.25) is 14.5 Å². The van der Waals surface area contributed by atoms with E-state index in [0.717, 1.165) is 0 Å². The molecule has 82 valence electrons. The molecule has 0 saturated heterocycles. The topological polar surface area (TPSA) is 49.9 Å². The van der Waals surface area contributed by atoms with Gasteiger partial charge in [0, 0.05) is 27.1 Å². The summed E-state index contributed by atoms with van der Waals surface area (Å²) in [6.45, 7) is 0.781. The molecule has 0 saturated carbocycles. The van der Waals surface area contributed by atoms with Crippen molar-refractivity contribution in [3.63, 3.8) is 0 Å². The van der Waals surface area contributed by atoms with E-state index in [1.54, 1.807) is 26.0 Å². The quantitative estimate of drug-likeness (QED) is 0.568. The number of methoxy groups -OCH3 is 1. The number of rotatable bonds is 5. The molecular formula is C9H18N2O3. The first-order valence-corrected chi connectivity index (χ1v) is 4.43. The van der Waals surface area contributed by atoms with Crippen LogP contribution in [0, 0.1) is 0 Å². The Bertz CT molecular complexity index is 204. The maximum absolute atomic E-state index is 11.2. The summed E-state index contributed by atoms with van der Waals surface area (Å²) in [4.78, 5) is 25.3. The van der Waals surface area contributed by atoms with Crippen LogP contribution >= 0.6 is 0 Å². The second-order valence-electron chi connectivity index (χ2n) is 3.35. The number of likely N-dealkylation sites (N-methyl/N-ethyl adjacent to an activating group) is 1. The van der Waals surface area contributed by atoms with Gasteiger partial charge in [0.2, 0.25) is 5.91 Å². The molecule has 0 aromatic rings. The lowest BCUT2D eigenvalue weighted by atomic mass is 10.3. The summed E-state index contributed by atoms with van der Waals surface area (Å²) in [5.41, 5.74) is 0. The molecule has 1 amide bonds. The highest BCUT2D eigenvalue weighted by Crippen LogP contribution is 1.92. The summed E-state index contributed by atoms with van der Waals surface area (Å²) in [7, 11) is 6.55. The summed E-state index contributed by atoms with van der Waals surface area (Å²) in [6, 6.07) is 0. The van der Waals surface area contributed by atoms with Crippen LogP contribution in [0.2, 0.25) is 0 Å². The number of carbonyl (C=O) groups is 2. The van der Waals surface area contributed by atoms with E-state index in [9.17, 15) is 9.59 Å². The Morgan fingerprint density at radius 1 is 1.21 bits per heavy atom.